The summed E-state index contributed by atoms with van der Waals surface area (Å²) in [6.07, 6.45) is 0. The van der Waals surface area contributed by atoms with Crippen LogP contribution in [0.4, 0.5) is 0 Å². The Balaban J connectivity index is 2.53. The van der Waals surface area contributed by atoms with Gasteiger partial charge >= 0.3 is 11.9 Å². The average Bonchev–Trinajstić information content (AvgIpc) is 2.59. The number of methoxy groups -OCH3 is 1. The van der Waals surface area contributed by atoms with E-state index in [4.69, 9.17) is 31.5 Å². The Morgan fingerprint density at radius 2 is 2.04 bits per heavy atom. The number of benzene rings is 1. The Hall–Kier alpha value is -2.33. The van der Waals surface area contributed by atoms with Crippen molar-refractivity contribution in [1.82, 2.24) is 10.6 Å². The van der Waals surface area contributed by atoms with Crippen LogP contribution in [0.2, 0.25) is 0 Å². The molecule has 146 valence electrons. The highest BCUT2D eigenvalue weighted by molar-refractivity contribution is 9.10. The summed E-state index contributed by atoms with van der Waals surface area (Å²) in [6, 6.07) is 2.81. The first kappa shape index (κ1) is 21.0. The molecule has 0 unspecified atom stereocenters. The van der Waals surface area contributed by atoms with E-state index in [0.717, 1.165) is 0 Å². The molecule has 1 aliphatic heterocycles. The molecule has 1 aromatic rings. The van der Waals surface area contributed by atoms with Gasteiger partial charge in [0.2, 0.25) is 0 Å². The molecule has 3 N–H and O–H groups in total. The van der Waals surface area contributed by atoms with Gasteiger partial charge in [-0.1, -0.05) is 0 Å². The standard InChI is InChI=1S/C17H19BrN2O6S/c1-4-25-11-6-9(5-10(18)15(11)26-7-12(21)22)14-13(16(23)24-3)8(2)19-17(27)20-14/h5-6,14H,4,7H2,1-3H3,(H,21,22)(H2,19,20,27)/t14-/m0/s1. The second kappa shape index (κ2) is 9.05. The van der Waals surface area contributed by atoms with Crippen LogP contribution in [0.15, 0.2) is 27.9 Å². The lowest BCUT2D eigenvalue weighted by Gasteiger charge is -2.30. The van der Waals surface area contributed by atoms with Crippen molar-refractivity contribution in [3.8, 4) is 11.5 Å². The molecule has 10 heteroatoms. The topological polar surface area (TPSA) is 106 Å². The molecule has 1 aromatic carbocycles. The van der Waals surface area contributed by atoms with Gasteiger partial charge < -0.3 is 30.0 Å². The Bertz CT molecular complexity index is 811. The number of halogens is 1. The first-order valence-electron chi connectivity index (χ1n) is 7.95. The van der Waals surface area contributed by atoms with Crippen LogP contribution >= 0.6 is 28.1 Å². The van der Waals surface area contributed by atoms with Gasteiger partial charge in [0, 0.05) is 5.70 Å². The van der Waals surface area contributed by atoms with Gasteiger partial charge in [-0.05, 0) is 59.7 Å². The third-order valence-electron chi connectivity index (χ3n) is 3.68. The summed E-state index contributed by atoms with van der Waals surface area (Å²) in [6.45, 7) is 3.36. The zero-order chi connectivity index (χ0) is 20.1. The van der Waals surface area contributed by atoms with Crippen LogP contribution < -0.4 is 20.1 Å². The number of hydrogen-bond donors (Lipinski definition) is 3. The molecule has 0 spiro atoms. The summed E-state index contributed by atoms with van der Waals surface area (Å²) in [5, 5.41) is 15.2. The summed E-state index contributed by atoms with van der Waals surface area (Å²) in [4.78, 5) is 23.1. The van der Waals surface area contributed by atoms with E-state index in [1.54, 1.807) is 26.0 Å². The maximum Gasteiger partial charge on any atom is 0.341 e. The average molecular weight is 459 g/mol. The van der Waals surface area contributed by atoms with E-state index in [-0.39, 0.29) is 5.75 Å². The lowest BCUT2D eigenvalue weighted by molar-refractivity contribution is -0.139. The number of ether oxygens (including phenoxy) is 3. The van der Waals surface area contributed by atoms with E-state index < -0.39 is 24.6 Å². The molecule has 1 aliphatic rings. The zero-order valence-electron chi connectivity index (χ0n) is 14.9. The predicted octanol–water partition coefficient (Wildman–Crippen LogP) is 2.28. The second-order valence-electron chi connectivity index (χ2n) is 5.51. The number of rotatable bonds is 7. The lowest BCUT2D eigenvalue weighted by atomic mass is 9.95. The molecule has 0 saturated heterocycles. The number of esters is 1. The third kappa shape index (κ3) is 4.89. The number of thiocarbonyl (C=S) groups is 1. The smallest absolute Gasteiger partial charge is 0.341 e. The first-order valence-corrected chi connectivity index (χ1v) is 9.16. The molecule has 1 atom stereocenters. The largest absolute Gasteiger partial charge is 0.490 e. The van der Waals surface area contributed by atoms with Crippen LogP contribution in [0.1, 0.15) is 25.5 Å². The van der Waals surface area contributed by atoms with E-state index in [0.29, 0.717) is 38.8 Å². The highest BCUT2D eigenvalue weighted by Gasteiger charge is 2.31. The Kier molecular flexibility index (Phi) is 7.03. The summed E-state index contributed by atoms with van der Waals surface area (Å²) in [7, 11) is 1.30. The minimum atomic E-state index is -1.11. The summed E-state index contributed by atoms with van der Waals surface area (Å²) in [5.41, 5.74) is 1.62. The van der Waals surface area contributed by atoms with Gasteiger partial charge in [-0.25, -0.2) is 9.59 Å². The van der Waals surface area contributed by atoms with Gasteiger partial charge in [0.25, 0.3) is 0 Å². The highest BCUT2D eigenvalue weighted by atomic mass is 79.9. The van der Waals surface area contributed by atoms with Gasteiger partial charge in [0.1, 0.15) is 0 Å². The van der Waals surface area contributed by atoms with E-state index in [9.17, 15) is 9.59 Å². The van der Waals surface area contributed by atoms with Gasteiger partial charge in [-0.3, -0.25) is 0 Å². The monoisotopic (exact) mass is 458 g/mol. The summed E-state index contributed by atoms with van der Waals surface area (Å²) >= 11 is 8.59. The van der Waals surface area contributed by atoms with Crippen LogP contribution in [0, 0.1) is 0 Å². The van der Waals surface area contributed by atoms with E-state index in [2.05, 4.69) is 26.6 Å². The van der Waals surface area contributed by atoms with Crippen LogP contribution in [-0.4, -0.2) is 42.5 Å². The van der Waals surface area contributed by atoms with Crippen molar-refractivity contribution in [2.75, 3.05) is 20.3 Å². The van der Waals surface area contributed by atoms with E-state index in [1.165, 1.54) is 7.11 Å². The minimum absolute atomic E-state index is 0.264. The number of hydrogen-bond acceptors (Lipinski definition) is 6. The molecule has 0 bridgehead atoms. The van der Waals surface area contributed by atoms with Crippen molar-refractivity contribution in [1.29, 1.82) is 0 Å². The predicted molar refractivity (Wildman–Crippen MR) is 105 cm³/mol. The minimum Gasteiger partial charge on any atom is -0.490 e. The quantitative estimate of drug-likeness (QED) is 0.418. The van der Waals surface area contributed by atoms with Gasteiger partial charge in [-0.15, -0.1) is 0 Å². The van der Waals surface area contributed by atoms with E-state index in [1.807, 2.05) is 0 Å². The van der Waals surface area contributed by atoms with E-state index >= 15 is 0 Å². The van der Waals surface area contributed by atoms with Crippen LogP contribution in [0.25, 0.3) is 0 Å². The first-order chi connectivity index (χ1) is 12.8. The van der Waals surface area contributed by atoms with Crippen molar-refractivity contribution in [3.63, 3.8) is 0 Å². The molecule has 27 heavy (non-hydrogen) atoms. The molecule has 0 aromatic heterocycles. The maximum atomic E-state index is 12.3. The Morgan fingerprint density at radius 1 is 1.33 bits per heavy atom. The van der Waals surface area contributed by atoms with Crippen LogP contribution in [0.5, 0.6) is 11.5 Å². The fourth-order valence-corrected chi connectivity index (χ4v) is 3.46. The van der Waals surface area contributed by atoms with Crippen molar-refractivity contribution in [2.45, 2.75) is 19.9 Å². The summed E-state index contributed by atoms with van der Waals surface area (Å²) < 4.78 is 16.3. The maximum absolute atomic E-state index is 12.3. The second-order valence-corrected chi connectivity index (χ2v) is 6.77. The number of nitrogens with one attached hydrogen (secondary N) is 2. The Morgan fingerprint density at radius 3 is 2.63 bits per heavy atom. The Labute approximate surface area is 170 Å². The number of carbonyl (C=O) groups is 2. The fourth-order valence-electron chi connectivity index (χ4n) is 2.62. The van der Waals surface area contributed by atoms with Crippen molar-refractivity contribution >= 4 is 45.2 Å². The number of carboxylic acid groups (broad SMARTS) is 1. The fraction of sp³-hybridized carbons (Fsp3) is 0.353. The molecule has 2 rings (SSSR count). The SMILES string of the molecule is CCOc1cc([C@@H]2NC(=S)NC(C)=C2C(=O)OC)cc(Br)c1OCC(=O)O. The van der Waals surface area contributed by atoms with Crippen LogP contribution in [0.3, 0.4) is 0 Å². The number of allylic oxidation sites excluding steroid dienone is 1. The molecule has 0 radical (unpaired) electrons. The molecular weight excluding hydrogens is 440 g/mol. The van der Waals surface area contributed by atoms with Crippen molar-refractivity contribution in [3.05, 3.63) is 33.4 Å². The van der Waals surface area contributed by atoms with Crippen molar-refractivity contribution < 1.29 is 28.9 Å². The molecule has 0 fully saturated rings. The molecule has 0 saturated carbocycles. The highest BCUT2D eigenvalue weighted by Crippen LogP contribution is 2.40. The lowest BCUT2D eigenvalue weighted by Crippen LogP contribution is -2.45. The van der Waals surface area contributed by atoms with Gasteiger partial charge in [0.05, 0.1) is 29.8 Å². The van der Waals surface area contributed by atoms with Gasteiger partial charge in [-0.2, -0.15) is 0 Å². The number of aliphatic carboxylic acids is 1. The molecule has 0 amide bonds. The normalized spacial score (nSPS) is 16.3. The number of carboxylic acids is 1. The molecular formula is C17H19BrN2O6S. The van der Waals surface area contributed by atoms with Gasteiger partial charge in [0.15, 0.2) is 23.2 Å². The summed E-state index contributed by atoms with van der Waals surface area (Å²) in [5.74, 6) is -0.998. The van der Waals surface area contributed by atoms with Crippen LogP contribution in [-0.2, 0) is 14.3 Å². The number of carbonyl (C=O) groups excluding carboxylic acids is 1. The third-order valence-corrected chi connectivity index (χ3v) is 4.49. The van der Waals surface area contributed by atoms with Crippen molar-refractivity contribution in [2.24, 2.45) is 0 Å². The molecule has 1 heterocycles. The molecule has 0 aliphatic carbocycles. The molecule has 8 nitrogen and oxygen atoms in total. The zero-order valence-corrected chi connectivity index (χ0v) is 17.3.